The maximum atomic E-state index is 12.7. The summed E-state index contributed by atoms with van der Waals surface area (Å²) in [5, 5.41) is 19.0. The van der Waals surface area contributed by atoms with Crippen molar-refractivity contribution in [1.29, 1.82) is 0 Å². The molecule has 0 atom stereocenters. The van der Waals surface area contributed by atoms with Gasteiger partial charge in [-0.1, -0.05) is 0 Å². The van der Waals surface area contributed by atoms with Gasteiger partial charge >= 0.3 is 0 Å². The zero-order chi connectivity index (χ0) is 25.2. The molecule has 0 radical (unpaired) electrons. The quantitative estimate of drug-likeness (QED) is 0.173. The highest BCUT2D eigenvalue weighted by molar-refractivity contribution is 5.86. The van der Waals surface area contributed by atoms with Gasteiger partial charge in [-0.25, -0.2) is 5.48 Å². The van der Waals surface area contributed by atoms with Crippen molar-refractivity contribution in [3.8, 4) is 28.6 Å². The minimum Gasteiger partial charge on any atom is -0.507 e. The van der Waals surface area contributed by atoms with Gasteiger partial charge in [0, 0.05) is 36.7 Å². The topological polar surface area (TPSA) is 121 Å². The number of hydrogen-bond donors (Lipinski definition) is 3. The van der Waals surface area contributed by atoms with Gasteiger partial charge in [0.2, 0.25) is 5.91 Å². The van der Waals surface area contributed by atoms with Crippen LogP contribution in [0, 0.1) is 0 Å². The minimum absolute atomic E-state index is 0. The van der Waals surface area contributed by atoms with Crippen LogP contribution in [0.15, 0.2) is 51.7 Å². The smallest absolute Gasteiger partial charge is 0.243 e. The van der Waals surface area contributed by atoms with Gasteiger partial charge in [0.05, 0.1) is 13.2 Å². The van der Waals surface area contributed by atoms with Gasteiger partial charge < -0.3 is 23.9 Å². The van der Waals surface area contributed by atoms with Gasteiger partial charge in [-0.05, 0) is 64.0 Å². The molecule has 0 bridgehead atoms. The summed E-state index contributed by atoms with van der Waals surface area (Å²) in [6, 6.07) is 11.6. The van der Waals surface area contributed by atoms with E-state index in [9.17, 15) is 14.7 Å². The fraction of sp³-hybridized carbons (Fsp3) is 0.385. The fourth-order valence-electron chi connectivity index (χ4n) is 3.57. The normalized spacial score (nSPS) is 10.8. The van der Waals surface area contributed by atoms with E-state index in [-0.39, 0.29) is 41.0 Å². The van der Waals surface area contributed by atoms with Crippen molar-refractivity contribution in [2.24, 2.45) is 0 Å². The predicted octanol–water partition coefficient (Wildman–Crippen LogP) is 4.36. The lowest BCUT2D eigenvalue weighted by Crippen LogP contribution is -2.17. The number of phenols is 1. The molecule has 0 fully saturated rings. The van der Waals surface area contributed by atoms with Gasteiger partial charge in [-0.3, -0.25) is 14.8 Å². The third kappa shape index (κ3) is 8.44. The predicted molar refractivity (Wildman–Crippen MR) is 139 cm³/mol. The number of fused-ring (bicyclic) bond motifs is 1. The number of benzene rings is 2. The van der Waals surface area contributed by atoms with E-state index in [1.165, 1.54) is 12.1 Å². The number of hydrogen-bond acceptors (Lipinski definition) is 8. The standard InChI is InChI=1S/C26H32N2O7.ClH/c1-28(2)12-6-14-33-19-10-8-18(9-11-19)23-17-22(30)26-21(29)15-20(16-24(26)35-23)34-13-5-3-4-7-25(31)27-32;/h8-11,15-17,29,32H,3-7,12-14H2,1-2H3,(H,27,31);1H. The number of carbonyl (C=O) groups is 1. The van der Waals surface area contributed by atoms with Crippen LogP contribution in [0.5, 0.6) is 17.2 Å². The molecule has 1 heterocycles. The molecule has 9 nitrogen and oxygen atoms in total. The molecule has 0 aliphatic rings. The summed E-state index contributed by atoms with van der Waals surface area (Å²) in [7, 11) is 4.04. The van der Waals surface area contributed by atoms with E-state index in [1.54, 1.807) is 11.5 Å². The summed E-state index contributed by atoms with van der Waals surface area (Å²) >= 11 is 0. The first-order valence-corrected chi connectivity index (χ1v) is 11.6. The summed E-state index contributed by atoms with van der Waals surface area (Å²) in [5.41, 5.74) is 2.19. The van der Waals surface area contributed by atoms with Crippen molar-refractivity contribution in [3.05, 3.63) is 52.7 Å². The molecule has 1 aromatic heterocycles. The minimum atomic E-state index is -0.418. The highest BCUT2D eigenvalue weighted by Gasteiger charge is 2.13. The molecule has 10 heteroatoms. The van der Waals surface area contributed by atoms with Crippen LogP contribution in [0.2, 0.25) is 0 Å². The van der Waals surface area contributed by atoms with Crippen LogP contribution in [0.25, 0.3) is 22.3 Å². The molecule has 0 saturated carbocycles. The molecule has 3 N–H and O–H groups in total. The van der Waals surface area contributed by atoms with Gasteiger partial charge in [-0.15, -0.1) is 12.4 Å². The van der Waals surface area contributed by atoms with Crippen LogP contribution in [-0.2, 0) is 4.79 Å². The van der Waals surface area contributed by atoms with E-state index < -0.39 is 5.91 Å². The first-order valence-electron chi connectivity index (χ1n) is 11.6. The van der Waals surface area contributed by atoms with Gasteiger partial charge in [0.1, 0.15) is 34.0 Å². The first kappa shape index (κ1) is 29.0. The number of amides is 1. The zero-order valence-corrected chi connectivity index (χ0v) is 21.3. The number of halogens is 1. The van der Waals surface area contributed by atoms with Crippen molar-refractivity contribution in [2.75, 3.05) is 33.9 Å². The maximum Gasteiger partial charge on any atom is 0.243 e. The first-order chi connectivity index (χ1) is 16.9. The number of ether oxygens (including phenoxy) is 2. The van der Waals surface area contributed by atoms with Crippen LogP contribution in [0.1, 0.15) is 32.1 Å². The number of aromatic hydroxyl groups is 1. The van der Waals surface area contributed by atoms with Crippen LogP contribution >= 0.6 is 12.4 Å². The molecule has 0 aliphatic heterocycles. The molecule has 2 aromatic carbocycles. The average Bonchev–Trinajstić information content (AvgIpc) is 2.83. The van der Waals surface area contributed by atoms with Crippen molar-refractivity contribution in [2.45, 2.75) is 32.1 Å². The Bertz CT molecular complexity index is 1180. The Labute approximate surface area is 216 Å². The second kappa shape index (κ2) is 14.3. The van der Waals surface area contributed by atoms with E-state index in [4.69, 9.17) is 19.1 Å². The van der Waals surface area contributed by atoms with Gasteiger partial charge in [0.25, 0.3) is 0 Å². The number of carbonyl (C=O) groups excluding carboxylic acids is 1. The molecule has 0 unspecified atom stereocenters. The molecule has 0 spiro atoms. The molecule has 1 amide bonds. The summed E-state index contributed by atoms with van der Waals surface area (Å²) < 4.78 is 17.4. The van der Waals surface area contributed by atoms with E-state index in [1.807, 2.05) is 38.4 Å². The second-order valence-corrected chi connectivity index (χ2v) is 8.51. The van der Waals surface area contributed by atoms with E-state index >= 15 is 0 Å². The number of rotatable bonds is 13. The van der Waals surface area contributed by atoms with Crippen LogP contribution in [0.3, 0.4) is 0 Å². The van der Waals surface area contributed by atoms with Crippen molar-refractivity contribution < 1.29 is 29.0 Å². The van der Waals surface area contributed by atoms with E-state index in [2.05, 4.69) is 4.90 Å². The third-order valence-corrected chi connectivity index (χ3v) is 5.38. The molecule has 0 aliphatic carbocycles. The molecular weight excluding hydrogens is 488 g/mol. The summed E-state index contributed by atoms with van der Waals surface area (Å²) in [6.45, 7) is 1.93. The summed E-state index contributed by atoms with van der Waals surface area (Å²) in [5.74, 6) is 0.864. The number of phenolic OH excluding ortho intramolecular Hbond substituents is 1. The molecule has 0 saturated heterocycles. The number of hydroxylamine groups is 1. The Kier molecular flexibility index (Phi) is 11.5. The van der Waals surface area contributed by atoms with Gasteiger partial charge in [-0.2, -0.15) is 0 Å². The largest absolute Gasteiger partial charge is 0.507 e. The van der Waals surface area contributed by atoms with Crippen molar-refractivity contribution in [3.63, 3.8) is 0 Å². The average molecular weight is 521 g/mol. The monoisotopic (exact) mass is 520 g/mol. The number of unbranched alkanes of at least 4 members (excludes halogenated alkanes) is 2. The summed E-state index contributed by atoms with van der Waals surface area (Å²) in [4.78, 5) is 25.8. The molecule has 36 heavy (non-hydrogen) atoms. The number of nitrogens with zero attached hydrogens (tertiary/aromatic N) is 1. The van der Waals surface area contributed by atoms with Crippen LogP contribution < -0.4 is 20.4 Å². The highest BCUT2D eigenvalue weighted by Crippen LogP contribution is 2.31. The summed E-state index contributed by atoms with van der Waals surface area (Å²) in [6.07, 6.45) is 3.21. The zero-order valence-electron chi connectivity index (χ0n) is 20.5. The molecule has 196 valence electrons. The lowest BCUT2D eigenvalue weighted by atomic mass is 10.1. The lowest BCUT2D eigenvalue weighted by molar-refractivity contribution is -0.129. The Morgan fingerprint density at radius 1 is 0.972 bits per heavy atom. The van der Waals surface area contributed by atoms with Gasteiger partial charge in [0.15, 0.2) is 5.43 Å². The van der Waals surface area contributed by atoms with Crippen molar-refractivity contribution in [1.82, 2.24) is 10.4 Å². The van der Waals surface area contributed by atoms with E-state index in [0.717, 1.165) is 25.1 Å². The van der Waals surface area contributed by atoms with Crippen molar-refractivity contribution >= 4 is 29.3 Å². The van der Waals surface area contributed by atoms with Crippen LogP contribution in [-0.4, -0.2) is 55.0 Å². The Morgan fingerprint density at radius 2 is 1.67 bits per heavy atom. The SMILES string of the molecule is CN(C)CCCOc1ccc(-c2cc(=O)c3c(O)cc(OCCCCCC(=O)NO)cc3o2)cc1.Cl. The Hall–Kier alpha value is -3.27. The van der Waals surface area contributed by atoms with E-state index in [0.29, 0.717) is 43.1 Å². The Morgan fingerprint density at radius 3 is 2.36 bits per heavy atom. The maximum absolute atomic E-state index is 12.7. The molecule has 3 aromatic rings. The second-order valence-electron chi connectivity index (χ2n) is 8.51. The fourth-order valence-corrected chi connectivity index (χ4v) is 3.57. The van der Waals surface area contributed by atoms with Crippen LogP contribution in [0.4, 0.5) is 0 Å². The molecule has 3 rings (SSSR count). The number of nitrogens with one attached hydrogen (secondary N) is 1. The Balaban J connectivity index is 0.00000456. The lowest BCUT2D eigenvalue weighted by Gasteiger charge is -2.11. The molecular formula is C26H33ClN2O7. The highest BCUT2D eigenvalue weighted by atomic mass is 35.5. The third-order valence-electron chi connectivity index (χ3n) is 5.38.